The van der Waals surface area contributed by atoms with Crippen LogP contribution >= 0.6 is 38.5 Å². The number of hydrogen-bond acceptors (Lipinski definition) is 3. The van der Waals surface area contributed by atoms with Crippen LogP contribution in [0.25, 0.3) is 0 Å². The van der Waals surface area contributed by atoms with Crippen molar-refractivity contribution in [1.82, 2.24) is 0 Å². The fraction of sp³-hybridized carbons (Fsp3) is 0.333. The van der Waals surface area contributed by atoms with Gasteiger partial charge in [-0.05, 0) is 47.7 Å². The molecule has 1 aromatic rings. The average molecular weight is 411 g/mol. The van der Waals surface area contributed by atoms with Gasteiger partial charge in [-0.3, -0.25) is 4.79 Å². The lowest BCUT2D eigenvalue weighted by atomic mass is 10.1. The maximum absolute atomic E-state index is 11.7. The molecule has 0 atom stereocenters. The van der Waals surface area contributed by atoms with E-state index in [4.69, 9.17) is 4.74 Å². The Bertz CT molecular complexity index is 396. The minimum Gasteiger partial charge on any atom is -0.462 e. The zero-order chi connectivity index (χ0) is 12.8. The highest BCUT2D eigenvalue weighted by Crippen LogP contribution is 2.15. The van der Waals surface area contributed by atoms with Gasteiger partial charge in [-0.25, -0.2) is 4.79 Å². The highest BCUT2D eigenvalue weighted by Gasteiger charge is 2.12. The molecule has 0 heterocycles. The van der Waals surface area contributed by atoms with Crippen molar-refractivity contribution >= 4 is 50.3 Å². The van der Waals surface area contributed by atoms with Gasteiger partial charge in [0, 0.05) is 20.9 Å². The fourth-order valence-electron chi connectivity index (χ4n) is 1.31. The molecule has 0 aromatic heterocycles. The highest BCUT2D eigenvalue weighted by molar-refractivity contribution is 14.1. The number of halogens is 2. The summed E-state index contributed by atoms with van der Waals surface area (Å²) in [5.41, 5.74) is 0.982. The number of carbonyl (C=O) groups excluding carboxylic acids is 2. The van der Waals surface area contributed by atoms with E-state index in [0.29, 0.717) is 29.5 Å². The molecule has 0 bridgehead atoms. The van der Waals surface area contributed by atoms with Gasteiger partial charge in [-0.1, -0.05) is 15.9 Å². The number of ketones is 1. The number of alkyl halides is 1. The van der Waals surface area contributed by atoms with Gasteiger partial charge in [0.15, 0.2) is 5.78 Å². The van der Waals surface area contributed by atoms with E-state index < -0.39 is 0 Å². The molecule has 1 aromatic carbocycles. The molecule has 5 heteroatoms. The second-order valence-electron chi connectivity index (χ2n) is 3.31. The number of esters is 1. The third kappa shape index (κ3) is 4.39. The molecule has 0 aliphatic heterocycles. The van der Waals surface area contributed by atoms with Crippen LogP contribution in [-0.2, 0) is 4.74 Å². The molecule has 0 N–H and O–H groups in total. The number of hydrogen-bond donors (Lipinski definition) is 0. The minimum atomic E-state index is -0.390. The average Bonchev–Trinajstić information content (AvgIpc) is 2.29. The SMILES string of the molecule is CCOC(=O)c1cc(I)cc(C(=O)CCBr)c1. The molecule has 17 heavy (non-hydrogen) atoms. The maximum Gasteiger partial charge on any atom is 0.338 e. The van der Waals surface area contributed by atoms with Crippen molar-refractivity contribution in [3.05, 3.63) is 32.9 Å². The Balaban J connectivity index is 3.01. The first-order chi connectivity index (χ1) is 8.08. The normalized spacial score (nSPS) is 10.1. The van der Waals surface area contributed by atoms with Crippen molar-refractivity contribution in [2.45, 2.75) is 13.3 Å². The molecular formula is C12H12BrIO3. The Morgan fingerprint density at radius 2 is 1.94 bits per heavy atom. The first-order valence-electron chi connectivity index (χ1n) is 5.15. The van der Waals surface area contributed by atoms with Gasteiger partial charge < -0.3 is 4.74 Å². The molecule has 3 nitrogen and oxygen atoms in total. The Morgan fingerprint density at radius 3 is 2.53 bits per heavy atom. The molecule has 0 amide bonds. The molecule has 0 spiro atoms. The van der Waals surface area contributed by atoms with Crippen molar-refractivity contribution in [2.24, 2.45) is 0 Å². The summed E-state index contributed by atoms with van der Waals surface area (Å²) < 4.78 is 5.77. The van der Waals surface area contributed by atoms with Crippen molar-refractivity contribution in [1.29, 1.82) is 0 Å². The van der Waals surface area contributed by atoms with Gasteiger partial charge in [0.1, 0.15) is 0 Å². The summed E-state index contributed by atoms with van der Waals surface area (Å²) in [5.74, 6) is -0.371. The van der Waals surface area contributed by atoms with Crippen LogP contribution in [0.3, 0.4) is 0 Å². The molecule has 0 fully saturated rings. The molecule has 92 valence electrons. The van der Waals surface area contributed by atoms with Gasteiger partial charge in [-0.2, -0.15) is 0 Å². The molecule has 0 unspecified atom stereocenters. The Hall–Kier alpha value is -0.430. The summed E-state index contributed by atoms with van der Waals surface area (Å²) in [6.45, 7) is 2.08. The van der Waals surface area contributed by atoms with Crippen LogP contribution in [0.5, 0.6) is 0 Å². The van der Waals surface area contributed by atoms with Crippen LogP contribution in [0.1, 0.15) is 34.1 Å². The van der Waals surface area contributed by atoms with Crippen molar-refractivity contribution in [2.75, 3.05) is 11.9 Å². The quantitative estimate of drug-likeness (QED) is 0.323. The predicted molar refractivity (Wildman–Crippen MR) is 77.9 cm³/mol. The summed E-state index contributed by atoms with van der Waals surface area (Å²) in [6.07, 6.45) is 0.419. The Morgan fingerprint density at radius 1 is 1.29 bits per heavy atom. The van der Waals surface area contributed by atoms with Crippen LogP contribution < -0.4 is 0 Å². The number of ether oxygens (including phenoxy) is 1. The number of rotatable bonds is 5. The van der Waals surface area contributed by atoms with E-state index in [-0.39, 0.29) is 11.8 Å². The second-order valence-corrected chi connectivity index (χ2v) is 5.35. The smallest absolute Gasteiger partial charge is 0.338 e. The Kier molecular flexibility index (Phi) is 6.11. The summed E-state index contributed by atoms with van der Waals surface area (Å²) >= 11 is 5.31. The molecular weight excluding hydrogens is 399 g/mol. The van der Waals surface area contributed by atoms with E-state index in [0.717, 1.165) is 3.57 Å². The highest BCUT2D eigenvalue weighted by atomic mass is 127. The van der Waals surface area contributed by atoms with E-state index in [2.05, 4.69) is 38.5 Å². The number of carbonyl (C=O) groups is 2. The van der Waals surface area contributed by atoms with Gasteiger partial charge in [0.25, 0.3) is 0 Å². The van der Waals surface area contributed by atoms with E-state index in [9.17, 15) is 9.59 Å². The molecule has 0 saturated carbocycles. The zero-order valence-corrected chi connectivity index (χ0v) is 13.1. The van der Waals surface area contributed by atoms with Crippen LogP contribution in [0.2, 0.25) is 0 Å². The van der Waals surface area contributed by atoms with Gasteiger partial charge >= 0.3 is 5.97 Å². The largest absolute Gasteiger partial charge is 0.462 e. The third-order valence-electron chi connectivity index (χ3n) is 2.05. The van der Waals surface area contributed by atoms with Crippen molar-refractivity contribution in [3.63, 3.8) is 0 Å². The molecule has 1 rings (SSSR count). The van der Waals surface area contributed by atoms with Crippen molar-refractivity contribution in [3.8, 4) is 0 Å². The van der Waals surface area contributed by atoms with Crippen LogP contribution in [0.15, 0.2) is 18.2 Å². The van der Waals surface area contributed by atoms with E-state index in [1.807, 2.05) is 0 Å². The minimum absolute atomic E-state index is 0.0194. The van der Waals surface area contributed by atoms with Gasteiger partial charge in [0.05, 0.1) is 12.2 Å². The topological polar surface area (TPSA) is 43.4 Å². The first kappa shape index (κ1) is 14.6. The lowest BCUT2D eigenvalue weighted by Gasteiger charge is -2.05. The molecule has 0 radical (unpaired) electrons. The van der Waals surface area contributed by atoms with Crippen LogP contribution in [0.4, 0.5) is 0 Å². The lowest BCUT2D eigenvalue weighted by molar-refractivity contribution is 0.0526. The zero-order valence-electron chi connectivity index (χ0n) is 9.33. The van der Waals surface area contributed by atoms with E-state index in [1.54, 1.807) is 25.1 Å². The molecule has 0 aliphatic carbocycles. The van der Waals surface area contributed by atoms with Crippen LogP contribution in [-0.4, -0.2) is 23.7 Å². The summed E-state index contributed by atoms with van der Waals surface area (Å²) in [6, 6.07) is 5.07. The lowest BCUT2D eigenvalue weighted by Crippen LogP contribution is -2.08. The molecule has 0 saturated heterocycles. The van der Waals surface area contributed by atoms with Crippen molar-refractivity contribution < 1.29 is 14.3 Å². The molecule has 0 aliphatic rings. The fourth-order valence-corrected chi connectivity index (χ4v) is 2.34. The first-order valence-corrected chi connectivity index (χ1v) is 7.35. The Labute approximate surface area is 122 Å². The van der Waals surface area contributed by atoms with E-state index >= 15 is 0 Å². The third-order valence-corrected chi connectivity index (χ3v) is 3.07. The maximum atomic E-state index is 11.7. The van der Waals surface area contributed by atoms with Crippen LogP contribution in [0, 0.1) is 3.57 Å². The summed E-state index contributed by atoms with van der Waals surface area (Å²) in [7, 11) is 0. The number of Topliss-reactive ketones (excluding diaryl/α,β-unsaturated/α-hetero) is 1. The summed E-state index contributed by atoms with van der Waals surface area (Å²) in [4.78, 5) is 23.3. The van der Waals surface area contributed by atoms with E-state index in [1.165, 1.54) is 0 Å². The van der Waals surface area contributed by atoms with Gasteiger partial charge in [0.2, 0.25) is 0 Å². The number of benzene rings is 1. The van der Waals surface area contributed by atoms with Gasteiger partial charge in [-0.15, -0.1) is 0 Å². The standard InChI is InChI=1S/C12H12BrIO3/c1-2-17-12(16)9-5-8(6-10(14)7-9)11(15)3-4-13/h5-7H,2-4H2,1H3. The predicted octanol–water partition coefficient (Wildman–Crippen LogP) is 3.44. The summed E-state index contributed by atoms with van der Waals surface area (Å²) in [5, 5.41) is 0.617. The monoisotopic (exact) mass is 410 g/mol. The second kappa shape index (κ2) is 7.10.